The van der Waals surface area contributed by atoms with Crippen molar-refractivity contribution in [2.24, 2.45) is 5.92 Å². The summed E-state index contributed by atoms with van der Waals surface area (Å²) in [7, 11) is 1.48. The molecule has 1 aliphatic carbocycles. The lowest BCUT2D eigenvalue weighted by molar-refractivity contribution is -0.385. The molecule has 0 radical (unpaired) electrons. The highest BCUT2D eigenvalue weighted by Gasteiger charge is 2.22. The fourth-order valence-electron chi connectivity index (χ4n) is 4.22. The van der Waals surface area contributed by atoms with Crippen LogP contribution in [0.3, 0.4) is 0 Å². The van der Waals surface area contributed by atoms with E-state index in [9.17, 15) is 14.9 Å². The number of hydrogen-bond donors (Lipinski definition) is 0. The number of ether oxygens (including phenoxy) is 3. The number of rotatable bonds is 9. The van der Waals surface area contributed by atoms with Gasteiger partial charge < -0.3 is 19.7 Å². The number of hydrogen-bond acceptors (Lipinski definition) is 7. The average Bonchev–Trinajstić information content (AvgIpc) is 2.84. The Morgan fingerprint density at radius 3 is 2.27 bits per heavy atom. The van der Waals surface area contributed by atoms with Gasteiger partial charge in [-0.15, -0.1) is 0 Å². The predicted octanol–water partition coefficient (Wildman–Crippen LogP) is 5.57. The summed E-state index contributed by atoms with van der Waals surface area (Å²) >= 11 is 0. The molecule has 0 spiro atoms. The van der Waals surface area contributed by atoms with E-state index in [1.165, 1.54) is 32.4 Å². The molecule has 2 aromatic rings. The third-order valence-corrected chi connectivity index (χ3v) is 6.05. The Hall–Kier alpha value is -3.14. The Kier molecular flexibility index (Phi) is 13.7. The Morgan fingerprint density at radius 2 is 1.70 bits per heavy atom. The number of nitrogens with zero attached hydrogens (tertiary/aromatic N) is 3. The van der Waals surface area contributed by atoms with Crippen LogP contribution in [0.5, 0.6) is 17.4 Å². The quantitative estimate of drug-likeness (QED) is 0.311. The van der Waals surface area contributed by atoms with Crippen molar-refractivity contribution in [1.82, 2.24) is 9.55 Å². The van der Waals surface area contributed by atoms with E-state index in [-0.39, 0.29) is 41.3 Å². The van der Waals surface area contributed by atoms with E-state index in [0.29, 0.717) is 29.2 Å². The topological polar surface area (TPSA) is 137 Å². The summed E-state index contributed by atoms with van der Waals surface area (Å²) in [6.45, 7) is 10.1. The van der Waals surface area contributed by atoms with Crippen LogP contribution in [0.4, 0.5) is 5.69 Å². The maximum Gasteiger partial charge on any atom is 0.351 e. The smallest absolute Gasteiger partial charge is 0.351 e. The van der Waals surface area contributed by atoms with Crippen LogP contribution in [0.15, 0.2) is 23.1 Å². The van der Waals surface area contributed by atoms with Gasteiger partial charge in [-0.2, -0.15) is 4.98 Å². The summed E-state index contributed by atoms with van der Waals surface area (Å²) in [5.41, 5.74) is 0.535. The van der Waals surface area contributed by atoms with Gasteiger partial charge in [-0.25, -0.2) is 4.79 Å². The summed E-state index contributed by atoms with van der Waals surface area (Å²) in [5.74, 6) is 1.13. The Balaban J connectivity index is 0.00000223. The van der Waals surface area contributed by atoms with Gasteiger partial charge in [0.25, 0.3) is 5.69 Å². The molecule has 37 heavy (non-hydrogen) atoms. The van der Waals surface area contributed by atoms with E-state index >= 15 is 0 Å². The van der Waals surface area contributed by atoms with Gasteiger partial charge in [-0.1, -0.05) is 59.8 Å². The Bertz CT molecular complexity index is 1050. The number of methoxy groups -OCH3 is 1. The Labute approximate surface area is 219 Å². The third-order valence-electron chi connectivity index (χ3n) is 6.05. The second-order valence-electron chi connectivity index (χ2n) is 9.30. The first-order valence-electron chi connectivity index (χ1n) is 13.0. The van der Waals surface area contributed by atoms with Crippen LogP contribution in [-0.4, -0.2) is 33.7 Å². The SMILES string of the molecule is CC.COc1cc(COc2nc(=O)n(C3CCCCCCC3)cc2C)c([N+](=O)[O-])cc1OCC(C)C.O. The van der Waals surface area contributed by atoms with Crippen LogP contribution in [0.25, 0.3) is 0 Å². The van der Waals surface area contributed by atoms with Gasteiger partial charge in [-0.05, 0) is 31.7 Å². The zero-order chi connectivity index (χ0) is 26.7. The van der Waals surface area contributed by atoms with Crippen molar-refractivity contribution in [3.05, 3.63) is 50.1 Å². The molecule has 1 aromatic carbocycles. The molecule has 1 aliphatic rings. The van der Waals surface area contributed by atoms with E-state index in [2.05, 4.69) is 4.98 Å². The van der Waals surface area contributed by atoms with Crippen LogP contribution < -0.4 is 19.9 Å². The molecule has 1 heterocycles. The van der Waals surface area contributed by atoms with E-state index in [0.717, 1.165) is 25.7 Å². The van der Waals surface area contributed by atoms with Gasteiger partial charge in [0, 0.05) is 17.8 Å². The van der Waals surface area contributed by atoms with Gasteiger partial charge in [0.05, 0.1) is 30.3 Å². The van der Waals surface area contributed by atoms with Crippen LogP contribution in [-0.2, 0) is 6.61 Å². The molecule has 1 aromatic heterocycles. The maximum atomic E-state index is 12.8. The molecule has 0 saturated heterocycles. The van der Waals surface area contributed by atoms with Crippen LogP contribution in [0.2, 0.25) is 0 Å². The summed E-state index contributed by atoms with van der Waals surface area (Å²) in [4.78, 5) is 28.2. The second kappa shape index (κ2) is 15.9. The fraction of sp³-hybridized carbons (Fsp3) is 0.630. The van der Waals surface area contributed by atoms with Crippen LogP contribution >= 0.6 is 0 Å². The van der Waals surface area contributed by atoms with Crippen molar-refractivity contribution < 1.29 is 24.6 Å². The van der Waals surface area contributed by atoms with E-state index in [1.807, 2.05) is 34.6 Å². The number of nitro benzene ring substituents is 1. The average molecular weight is 522 g/mol. The highest BCUT2D eigenvalue weighted by molar-refractivity contribution is 5.54. The van der Waals surface area contributed by atoms with E-state index < -0.39 is 4.92 Å². The molecule has 0 amide bonds. The fourth-order valence-corrected chi connectivity index (χ4v) is 4.22. The van der Waals surface area contributed by atoms with Gasteiger partial charge in [0.2, 0.25) is 5.88 Å². The molecule has 3 rings (SSSR count). The minimum Gasteiger partial charge on any atom is -0.493 e. The number of aryl methyl sites for hydroxylation is 1. The molecule has 1 saturated carbocycles. The minimum atomic E-state index is -0.479. The predicted molar refractivity (Wildman–Crippen MR) is 144 cm³/mol. The van der Waals surface area contributed by atoms with Crippen molar-refractivity contribution in [3.8, 4) is 17.4 Å². The van der Waals surface area contributed by atoms with Gasteiger partial charge in [0.1, 0.15) is 6.61 Å². The van der Waals surface area contributed by atoms with E-state index in [4.69, 9.17) is 14.2 Å². The molecule has 0 atom stereocenters. The molecular weight excluding hydrogens is 478 g/mol. The van der Waals surface area contributed by atoms with Crippen molar-refractivity contribution >= 4 is 5.69 Å². The summed E-state index contributed by atoms with van der Waals surface area (Å²) in [5, 5.41) is 11.7. The van der Waals surface area contributed by atoms with E-state index in [1.54, 1.807) is 16.8 Å². The molecule has 2 N–H and O–H groups in total. The van der Waals surface area contributed by atoms with Crippen molar-refractivity contribution in [1.29, 1.82) is 0 Å². The largest absolute Gasteiger partial charge is 0.493 e. The summed E-state index contributed by atoms with van der Waals surface area (Å²) in [6.07, 6.45) is 9.61. The number of nitro groups is 1. The first kappa shape index (κ1) is 31.9. The summed E-state index contributed by atoms with van der Waals surface area (Å²) < 4.78 is 18.6. The summed E-state index contributed by atoms with van der Waals surface area (Å²) in [6, 6.07) is 3.04. The second-order valence-corrected chi connectivity index (χ2v) is 9.30. The molecule has 1 fully saturated rings. The van der Waals surface area contributed by atoms with Gasteiger partial charge in [-0.3, -0.25) is 14.7 Å². The lowest BCUT2D eigenvalue weighted by atomic mass is 9.96. The zero-order valence-corrected chi connectivity index (χ0v) is 23.0. The first-order valence-corrected chi connectivity index (χ1v) is 13.0. The Morgan fingerprint density at radius 1 is 1.08 bits per heavy atom. The molecule has 0 aliphatic heterocycles. The normalized spacial score (nSPS) is 13.9. The molecular formula is C27H43N3O7. The lowest BCUT2D eigenvalue weighted by Gasteiger charge is -2.22. The van der Waals surface area contributed by atoms with Crippen molar-refractivity contribution in [2.45, 2.75) is 92.2 Å². The van der Waals surface area contributed by atoms with Crippen molar-refractivity contribution in [3.63, 3.8) is 0 Å². The number of aromatic nitrogens is 2. The first-order chi connectivity index (χ1) is 17.3. The molecule has 10 nitrogen and oxygen atoms in total. The minimum absolute atomic E-state index is 0. The third kappa shape index (κ3) is 9.03. The van der Waals surface area contributed by atoms with Gasteiger partial charge in [0.15, 0.2) is 11.5 Å². The highest BCUT2D eigenvalue weighted by atomic mass is 16.6. The van der Waals surface area contributed by atoms with Crippen molar-refractivity contribution in [2.75, 3.05) is 13.7 Å². The molecule has 0 bridgehead atoms. The van der Waals surface area contributed by atoms with Crippen LogP contribution in [0, 0.1) is 23.0 Å². The lowest BCUT2D eigenvalue weighted by Crippen LogP contribution is -2.28. The van der Waals surface area contributed by atoms with Crippen LogP contribution in [0.1, 0.15) is 89.8 Å². The standard InChI is InChI=1S/C25H35N3O6.C2H6.H2O/c1-17(2)15-33-23-13-21(28(30)31)19(12-22(23)32-4)16-34-24-18(3)14-27(25(29)26-24)20-10-8-6-5-7-9-11-20;1-2;/h12-14,17,20H,5-11,15-16H2,1-4H3;1-2H3;1H2. The zero-order valence-electron chi connectivity index (χ0n) is 23.0. The maximum absolute atomic E-state index is 12.8. The molecule has 10 heteroatoms. The monoisotopic (exact) mass is 521 g/mol. The van der Waals surface area contributed by atoms with Gasteiger partial charge >= 0.3 is 5.69 Å². The highest BCUT2D eigenvalue weighted by Crippen LogP contribution is 2.35. The number of benzene rings is 1. The molecule has 208 valence electrons. The molecule has 0 unspecified atom stereocenters.